The number of rotatable bonds is 3. The van der Waals surface area contributed by atoms with E-state index in [1.807, 2.05) is 6.08 Å². The third-order valence-electron chi connectivity index (χ3n) is 4.60. The van der Waals surface area contributed by atoms with Gasteiger partial charge in [0.2, 0.25) is 0 Å². The maximum absolute atomic E-state index is 14.1. The van der Waals surface area contributed by atoms with Crippen molar-refractivity contribution in [3.8, 4) is 0 Å². The Kier molecular flexibility index (Phi) is 4.95. The zero-order chi connectivity index (χ0) is 18.1. The summed E-state index contributed by atoms with van der Waals surface area (Å²) in [6.45, 7) is 4.30. The van der Waals surface area contributed by atoms with E-state index in [9.17, 15) is 4.32 Å². The van der Waals surface area contributed by atoms with Crippen LogP contribution in [-0.4, -0.2) is 11.9 Å². The van der Waals surface area contributed by atoms with Crippen molar-refractivity contribution in [1.82, 2.24) is 0 Å². The number of furan rings is 1. The summed E-state index contributed by atoms with van der Waals surface area (Å²) < 4.78 is 35.1. The summed E-state index contributed by atoms with van der Waals surface area (Å²) in [7, 11) is -1.85. The summed E-state index contributed by atoms with van der Waals surface area (Å²) >= 11 is -0.630. The summed E-state index contributed by atoms with van der Waals surface area (Å²) in [5.74, 6) is 1.55. The van der Waals surface area contributed by atoms with Gasteiger partial charge in [-0.05, 0) is 29.4 Å². The normalized spacial score (nSPS) is 29.3. The van der Waals surface area contributed by atoms with E-state index in [0.29, 0.717) is 17.4 Å². The first-order valence-electron chi connectivity index (χ1n) is 8.24. The van der Waals surface area contributed by atoms with Crippen molar-refractivity contribution < 1.29 is 18.0 Å². The Morgan fingerprint density at radius 3 is 2.85 bits per heavy atom. The molecule has 0 radical (unpaired) electrons. The van der Waals surface area contributed by atoms with Crippen molar-refractivity contribution in [3.63, 3.8) is 0 Å². The summed E-state index contributed by atoms with van der Waals surface area (Å²) in [4.78, 5) is 0. The lowest BCUT2D eigenvalue weighted by atomic mass is 9.76. The Morgan fingerprint density at radius 2 is 2.08 bits per heavy atom. The maximum atomic E-state index is 14.1. The average molecular weight is 462 g/mol. The predicted molar refractivity (Wildman–Crippen MR) is 110 cm³/mol. The van der Waals surface area contributed by atoms with Gasteiger partial charge in [0.15, 0.2) is 0 Å². The fourth-order valence-corrected chi connectivity index (χ4v) is 4.94. The first-order chi connectivity index (χ1) is 12.7. The lowest BCUT2D eigenvalue weighted by Gasteiger charge is -2.30. The zero-order valence-electron chi connectivity index (χ0n) is 14.0. The average Bonchev–Trinajstić information content (AvgIpc) is 3.19. The van der Waals surface area contributed by atoms with Crippen LogP contribution in [0, 0.1) is 11.8 Å². The van der Waals surface area contributed by atoms with Gasteiger partial charge in [-0.25, -0.2) is 4.32 Å². The Hall–Kier alpha value is -1.93. The largest absolute Gasteiger partial charge is 0.755 e. The first-order valence-corrected chi connectivity index (χ1v) is 10.8. The van der Waals surface area contributed by atoms with Crippen LogP contribution in [0.5, 0.6) is 0 Å². The van der Waals surface area contributed by atoms with Crippen LogP contribution >= 0.6 is 20.7 Å². The molecule has 2 aliphatic carbocycles. The Labute approximate surface area is 162 Å². The molecule has 0 saturated heterocycles. The summed E-state index contributed by atoms with van der Waals surface area (Å²) in [5.41, 5.74) is 2.00. The predicted octanol–water partition coefficient (Wildman–Crippen LogP) is 5.35. The van der Waals surface area contributed by atoms with Crippen molar-refractivity contribution in [1.29, 1.82) is 0 Å². The molecule has 1 aromatic heterocycles. The monoisotopic (exact) mass is 462 g/mol. The number of halogens is 2. The molecule has 3 nitrogen and oxygen atoms in total. The molecule has 0 saturated carbocycles. The number of fused-ring (bicyclic) bond motifs is 1. The molecule has 0 aromatic carbocycles. The highest BCUT2D eigenvalue weighted by Crippen LogP contribution is 2.43. The van der Waals surface area contributed by atoms with Crippen LogP contribution < -0.4 is 0 Å². The van der Waals surface area contributed by atoms with Crippen molar-refractivity contribution in [3.05, 3.63) is 93.8 Å². The zero-order valence-corrected chi connectivity index (χ0v) is 16.1. The van der Waals surface area contributed by atoms with Crippen molar-refractivity contribution in [2.45, 2.75) is 6.10 Å². The first kappa shape index (κ1) is 17.5. The molecule has 26 heavy (non-hydrogen) atoms. The smallest absolute Gasteiger partial charge is 0.508 e. The molecule has 0 N–H and O–H groups in total. The van der Waals surface area contributed by atoms with E-state index in [2.05, 4.69) is 41.5 Å². The van der Waals surface area contributed by atoms with Crippen LogP contribution in [0.3, 0.4) is 0 Å². The lowest BCUT2D eigenvalue weighted by molar-refractivity contribution is 0.122. The Bertz CT molecular complexity index is 879. The molecule has 4 rings (SSSR count). The van der Waals surface area contributed by atoms with Gasteiger partial charge in [0, 0.05) is 11.8 Å². The molecule has 3 unspecified atom stereocenters. The summed E-state index contributed by atoms with van der Waals surface area (Å²) in [6, 6.07) is 3.50. The molecule has 0 amide bonds. The molecule has 132 valence electrons. The number of hydrogen-bond acceptors (Lipinski definition) is 3. The highest BCUT2D eigenvalue weighted by Gasteiger charge is 2.36. The van der Waals surface area contributed by atoms with Crippen molar-refractivity contribution >= 4 is 32.6 Å². The van der Waals surface area contributed by atoms with Gasteiger partial charge in [-0.2, -0.15) is 0 Å². The molecule has 3 atom stereocenters. The van der Waals surface area contributed by atoms with E-state index in [4.69, 9.17) is 13.7 Å². The Morgan fingerprint density at radius 1 is 1.23 bits per heavy atom. The third-order valence-corrected chi connectivity index (χ3v) is 6.47. The molecule has 1 aliphatic heterocycles. The molecule has 0 spiro atoms. The van der Waals surface area contributed by atoms with Crippen LogP contribution in [0.1, 0.15) is 11.9 Å². The second-order valence-electron chi connectivity index (χ2n) is 6.11. The summed E-state index contributed by atoms with van der Waals surface area (Å²) in [6.07, 6.45) is 15.3. The van der Waals surface area contributed by atoms with E-state index in [1.54, 1.807) is 18.2 Å². The third kappa shape index (κ3) is 3.23. The van der Waals surface area contributed by atoms with Crippen LogP contribution in [0.15, 0.2) is 92.4 Å². The number of allylic oxidation sites excluding steroid dienone is 9. The quantitative estimate of drug-likeness (QED) is 0.449. The lowest BCUT2D eigenvalue weighted by Crippen LogP contribution is -2.25. The minimum absolute atomic E-state index is 0.216. The van der Waals surface area contributed by atoms with Gasteiger partial charge in [0.1, 0.15) is 17.6 Å². The maximum Gasteiger partial charge on any atom is 0.755 e. The SMILES string of the molecule is C=I/C(C1=CC(c2ccco2)OB(F)O1)=C1/C=CC2C=CC=CC2C1=C. The molecule has 6 heteroatoms. The minimum atomic E-state index is -1.85. The van der Waals surface area contributed by atoms with E-state index in [0.717, 1.165) is 14.7 Å². The topological polar surface area (TPSA) is 31.6 Å². The molecule has 0 fully saturated rings. The van der Waals surface area contributed by atoms with Crippen LogP contribution in [0.4, 0.5) is 4.32 Å². The Balaban J connectivity index is 1.75. The van der Waals surface area contributed by atoms with Crippen LogP contribution in [0.2, 0.25) is 0 Å². The molecule has 3 aliphatic rings. The highest BCUT2D eigenvalue weighted by molar-refractivity contribution is 14.2. The molecular weight excluding hydrogens is 445 g/mol. The molecule has 2 heterocycles. The van der Waals surface area contributed by atoms with E-state index in [1.165, 1.54) is 6.26 Å². The van der Waals surface area contributed by atoms with Crippen LogP contribution in [-0.2, 0) is 9.31 Å². The van der Waals surface area contributed by atoms with Gasteiger partial charge in [0.05, 0.1) is 9.84 Å². The van der Waals surface area contributed by atoms with E-state index < -0.39 is 34.2 Å². The molecular formula is C20H17BFIO3. The minimum Gasteiger partial charge on any atom is -0.508 e. The van der Waals surface area contributed by atoms with Crippen LogP contribution in [0.25, 0.3) is 0 Å². The fraction of sp³-hybridized carbons (Fsp3) is 0.150. The van der Waals surface area contributed by atoms with Gasteiger partial charge in [-0.1, -0.05) is 68.3 Å². The molecule has 1 aromatic rings. The van der Waals surface area contributed by atoms with Gasteiger partial charge < -0.3 is 13.7 Å². The van der Waals surface area contributed by atoms with E-state index in [-0.39, 0.29) is 5.92 Å². The second kappa shape index (κ2) is 7.36. The summed E-state index contributed by atoms with van der Waals surface area (Å²) in [5, 5.41) is 0. The van der Waals surface area contributed by atoms with E-state index >= 15 is 0 Å². The fourth-order valence-electron chi connectivity index (χ4n) is 3.32. The van der Waals surface area contributed by atoms with Crippen molar-refractivity contribution in [2.75, 3.05) is 0 Å². The van der Waals surface area contributed by atoms with Gasteiger partial charge in [-0.15, -0.1) is 0 Å². The molecule has 0 bridgehead atoms. The van der Waals surface area contributed by atoms with Crippen molar-refractivity contribution in [2.24, 2.45) is 11.8 Å². The van der Waals surface area contributed by atoms with Gasteiger partial charge >= 0.3 is 7.40 Å². The highest BCUT2D eigenvalue weighted by atomic mass is 127. The number of hydrogen-bond donors (Lipinski definition) is 0. The second-order valence-corrected chi connectivity index (χ2v) is 7.96. The van der Waals surface area contributed by atoms with Gasteiger partial charge in [-0.3, -0.25) is 0 Å². The standard InChI is InChI=1S/C20H17BFIO3/c1-13-15-7-4-3-6-14(15)9-10-16(13)20(23-2)19-12-18(25-21(22)26-19)17-8-5-11-24-17/h3-12,14-15,18H,1-2H2/b20-16-. The van der Waals surface area contributed by atoms with Gasteiger partial charge in [0.25, 0.3) is 0 Å².